The molecule has 1 aromatic carbocycles. The molecule has 0 bridgehead atoms. The average Bonchev–Trinajstić information content (AvgIpc) is 2.60. The van der Waals surface area contributed by atoms with E-state index in [1.165, 1.54) is 0 Å². The highest BCUT2D eigenvalue weighted by molar-refractivity contribution is 6.38. The molecule has 1 saturated heterocycles. The number of Topliss-reactive ketones (excluding diaryl/α,β-unsaturated/α-hetero) is 1. The molecule has 1 aliphatic rings. The van der Waals surface area contributed by atoms with Crippen LogP contribution in [0.5, 0.6) is 0 Å². The van der Waals surface area contributed by atoms with Gasteiger partial charge >= 0.3 is 0 Å². The first-order valence-electron chi connectivity index (χ1n) is 5.19. The molecule has 16 heavy (non-hydrogen) atoms. The van der Waals surface area contributed by atoms with Gasteiger partial charge in [0, 0.05) is 18.0 Å². The second-order valence-corrected chi connectivity index (χ2v) is 4.28. The molecule has 0 aliphatic carbocycles. The Balaban J connectivity index is 2.26. The monoisotopic (exact) mass is 237 g/mol. The van der Waals surface area contributed by atoms with Gasteiger partial charge in [0.05, 0.1) is 6.04 Å². The van der Waals surface area contributed by atoms with Crippen LogP contribution >= 0.6 is 11.6 Å². The molecule has 1 aromatic rings. The Morgan fingerprint density at radius 2 is 2.00 bits per heavy atom. The van der Waals surface area contributed by atoms with E-state index in [1.807, 2.05) is 25.1 Å². The van der Waals surface area contributed by atoms with Crippen LogP contribution < -0.4 is 0 Å². The van der Waals surface area contributed by atoms with E-state index in [0.717, 1.165) is 5.56 Å². The minimum atomic E-state index is -0.396. The number of nitrogens with zero attached hydrogens (tertiary/aromatic N) is 1. The molecule has 1 atom stereocenters. The van der Waals surface area contributed by atoms with E-state index < -0.39 is 5.91 Å². The third kappa shape index (κ3) is 1.83. The maximum absolute atomic E-state index is 11.6. The molecule has 1 amide bonds. The van der Waals surface area contributed by atoms with E-state index in [2.05, 4.69) is 0 Å². The van der Waals surface area contributed by atoms with Crippen LogP contribution in [0.3, 0.4) is 0 Å². The summed E-state index contributed by atoms with van der Waals surface area (Å²) < 4.78 is 0. The number of likely N-dealkylation sites (tertiary alicyclic amines) is 1. The van der Waals surface area contributed by atoms with Gasteiger partial charge in [0.25, 0.3) is 5.91 Å². The Hall–Kier alpha value is -1.35. The van der Waals surface area contributed by atoms with E-state index >= 15 is 0 Å². The minimum absolute atomic E-state index is 0.146. The highest BCUT2D eigenvalue weighted by atomic mass is 35.5. The van der Waals surface area contributed by atoms with Crippen LogP contribution in [0.25, 0.3) is 0 Å². The zero-order chi connectivity index (χ0) is 11.7. The summed E-state index contributed by atoms with van der Waals surface area (Å²) in [5, 5.41) is 0.627. The molecule has 1 unspecified atom stereocenters. The molecule has 1 aliphatic heterocycles. The molecule has 4 heteroatoms. The first kappa shape index (κ1) is 11.1. The van der Waals surface area contributed by atoms with Crippen LogP contribution in [0.1, 0.15) is 24.9 Å². The third-order valence-corrected chi connectivity index (χ3v) is 3.25. The van der Waals surface area contributed by atoms with E-state index in [0.29, 0.717) is 18.0 Å². The van der Waals surface area contributed by atoms with Gasteiger partial charge in [0.2, 0.25) is 5.78 Å². The zero-order valence-corrected chi connectivity index (χ0v) is 9.70. The standard InChI is InChI=1S/C12H12ClNO2/c1-8(9-4-2-3-5-10(9)13)14-7-6-11(15)12(14)16/h2-5,8H,6-7H2,1H3. The summed E-state index contributed by atoms with van der Waals surface area (Å²) in [7, 11) is 0. The summed E-state index contributed by atoms with van der Waals surface area (Å²) in [6.45, 7) is 2.38. The van der Waals surface area contributed by atoms with Gasteiger partial charge in [-0.25, -0.2) is 0 Å². The van der Waals surface area contributed by atoms with Crippen molar-refractivity contribution in [1.82, 2.24) is 4.90 Å². The number of ketones is 1. The van der Waals surface area contributed by atoms with Gasteiger partial charge in [-0.05, 0) is 18.6 Å². The SMILES string of the molecule is CC(c1ccccc1Cl)N1CCC(=O)C1=O. The first-order valence-corrected chi connectivity index (χ1v) is 5.57. The van der Waals surface area contributed by atoms with E-state index in [-0.39, 0.29) is 11.8 Å². The van der Waals surface area contributed by atoms with Crippen molar-refractivity contribution in [2.45, 2.75) is 19.4 Å². The number of carbonyl (C=O) groups excluding carboxylic acids is 2. The predicted octanol–water partition coefficient (Wildman–Crippen LogP) is 2.20. The molecule has 0 radical (unpaired) electrons. The lowest BCUT2D eigenvalue weighted by Crippen LogP contribution is -2.30. The van der Waals surface area contributed by atoms with Crippen molar-refractivity contribution < 1.29 is 9.59 Å². The van der Waals surface area contributed by atoms with Crippen LogP contribution in [0.2, 0.25) is 5.02 Å². The van der Waals surface area contributed by atoms with Gasteiger partial charge < -0.3 is 4.90 Å². The normalized spacial score (nSPS) is 18.0. The quantitative estimate of drug-likeness (QED) is 0.740. The van der Waals surface area contributed by atoms with Crippen LogP contribution in [-0.4, -0.2) is 23.1 Å². The lowest BCUT2D eigenvalue weighted by Gasteiger charge is -2.24. The summed E-state index contributed by atoms with van der Waals surface area (Å²) in [5.74, 6) is -0.702. The van der Waals surface area contributed by atoms with Crippen LogP contribution in [0, 0.1) is 0 Å². The van der Waals surface area contributed by atoms with Gasteiger partial charge in [-0.3, -0.25) is 9.59 Å². The van der Waals surface area contributed by atoms with Crippen LogP contribution in [0.4, 0.5) is 0 Å². The summed E-state index contributed by atoms with van der Waals surface area (Å²) >= 11 is 6.06. The fourth-order valence-electron chi connectivity index (χ4n) is 1.94. The Morgan fingerprint density at radius 3 is 2.56 bits per heavy atom. The fourth-order valence-corrected chi connectivity index (χ4v) is 2.24. The number of halogens is 1. The largest absolute Gasteiger partial charge is 0.329 e. The third-order valence-electron chi connectivity index (χ3n) is 2.90. The molecule has 0 spiro atoms. The number of hydrogen-bond acceptors (Lipinski definition) is 2. The van der Waals surface area contributed by atoms with Gasteiger partial charge in [-0.15, -0.1) is 0 Å². The van der Waals surface area contributed by atoms with Crippen molar-refractivity contribution in [2.75, 3.05) is 6.54 Å². The van der Waals surface area contributed by atoms with E-state index in [4.69, 9.17) is 11.6 Å². The molecule has 2 rings (SSSR count). The molecule has 84 valence electrons. The van der Waals surface area contributed by atoms with Crippen molar-refractivity contribution in [3.63, 3.8) is 0 Å². The zero-order valence-electron chi connectivity index (χ0n) is 8.94. The lowest BCUT2D eigenvalue weighted by atomic mass is 10.1. The highest BCUT2D eigenvalue weighted by Crippen LogP contribution is 2.29. The van der Waals surface area contributed by atoms with E-state index in [1.54, 1.807) is 11.0 Å². The van der Waals surface area contributed by atoms with Crippen LogP contribution in [-0.2, 0) is 9.59 Å². The number of benzene rings is 1. The lowest BCUT2D eigenvalue weighted by molar-refractivity contribution is -0.141. The summed E-state index contributed by atoms with van der Waals surface area (Å²) in [5.41, 5.74) is 0.882. The predicted molar refractivity (Wildman–Crippen MR) is 61.2 cm³/mol. The Morgan fingerprint density at radius 1 is 1.31 bits per heavy atom. The average molecular weight is 238 g/mol. The summed E-state index contributed by atoms with van der Waals surface area (Å²) in [4.78, 5) is 24.3. The molecular weight excluding hydrogens is 226 g/mol. The van der Waals surface area contributed by atoms with Crippen LogP contribution in [0.15, 0.2) is 24.3 Å². The van der Waals surface area contributed by atoms with Gasteiger partial charge in [-0.1, -0.05) is 29.8 Å². The maximum Gasteiger partial charge on any atom is 0.290 e. The molecule has 0 saturated carbocycles. The maximum atomic E-state index is 11.6. The molecule has 0 aromatic heterocycles. The van der Waals surface area contributed by atoms with E-state index in [9.17, 15) is 9.59 Å². The second kappa shape index (κ2) is 4.26. The molecule has 1 fully saturated rings. The molecule has 1 heterocycles. The topological polar surface area (TPSA) is 37.4 Å². The summed E-state index contributed by atoms with van der Waals surface area (Å²) in [6, 6.07) is 7.24. The fraction of sp³-hybridized carbons (Fsp3) is 0.333. The van der Waals surface area contributed by atoms with Gasteiger partial charge in [-0.2, -0.15) is 0 Å². The Kier molecular flexibility index (Phi) is 2.97. The van der Waals surface area contributed by atoms with Crippen molar-refractivity contribution in [2.24, 2.45) is 0 Å². The Bertz CT molecular complexity index is 444. The van der Waals surface area contributed by atoms with Crippen molar-refractivity contribution in [1.29, 1.82) is 0 Å². The second-order valence-electron chi connectivity index (χ2n) is 3.87. The molecule has 0 N–H and O–H groups in total. The first-order chi connectivity index (χ1) is 7.61. The number of carbonyl (C=O) groups is 2. The van der Waals surface area contributed by atoms with Gasteiger partial charge in [0.15, 0.2) is 0 Å². The van der Waals surface area contributed by atoms with Gasteiger partial charge in [0.1, 0.15) is 0 Å². The van der Waals surface area contributed by atoms with Crippen molar-refractivity contribution >= 4 is 23.3 Å². The summed E-state index contributed by atoms with van der Waals surface area (Å²) in [6.07, 6.45) is 0.313. The smallest absolute Gasteiger partial charge is 0.290 e. The minimum Gasteiger partial charge on any atom is -0.329 e. The van der Waals surface area contributed by atoms with Crippen molar-refractivity contribution in [3.05, 3.63) is 34.9 Å². The highest BCUT2D eigenvalue weighted by Gasteiger charge is 2.33. The number of rotatable bonds is 2. The molecule has 3 nitrogen and oxygen atoms in total. The molecular formula is C12H12ClNO2. The van der Waals surface area contributed by atoms with Crippen molar-refractivity contribution in [3.8, 4) is 0 Å². The number of hydrogen-bond donors (Lipinski definition) is 0. The Labute approximate surface area is 99.0 Å². The number of amides is 1.